The van der Waals surface area contributed by atoms with Gasteiger partial charge >= 0.3 is 0 Å². The summed E-state index contributed by atoms with van der Waals surface area (Å²) in [6, 6.07) is 15.7. The van der Waals surface area contributed by atoms with E-state index in [1.54, 1.807) is 0 Å². The Balaban J connectivity index is 1.47. The maximum absolute atomic E-state index is 12.9. The number of carbonyl (C=O) groups excluding carboxylic acids is 1. The fraction of sp³-hybridized carbons (Fsp3) is 0.345. The van der Waals surface area contributed by atoms with Gasteiger partial charge in [-0.1, -0.05) is 50.1 Å². The lowest BCUT2D eigenvalue weighted by Crippen LogP contribution is -2.37. The Kier molecular flexibility index (Phi) is 8.01. The normalized spacial score (nSPS) is 18.9. The van der Waals surface area contributed by atoms with Crippen molar-refractivity contribution in [3.8, 4) is 22.7 Å². The van der Waals surface area contributed by atoms with Gasteiger partial charge in [-0.05, 0) is 73.4 Å². The molecule has 8 heteroatoms. The molecular weight excluding hydrogens is 504 g/mol. The third-order valence-corrected chi connectivity index (χ3v) is 7.89. The molecule has 1 saturated heterocycles. The molecular formula is C29H31ClN4O2S. The van der Waals surface area contributed by atoms with Crippen LogP contribution in [0.15, 0.2) is 64.6 Å². The zero-order chi connectivity index (χ0) is 25.8. The molecule has 3 aromatic rings. The number of para-hydroxylation sites is 1. The van der Waals surface area contributed by atoms with Gasteiger partial charge < -0.3 is 9.64 Å². The van der Waals surface area contributed by atoms with Gasteiger partial charge in [0.05, 0.1) is 22.2 Å². The fourth-order valence-corrected chi connectivity index (χ4v) is 5.73. The average Bonchev–Trinajstić information content (AvgIpc) is 3.49. The first-order chi connectivity index (χ1) is 18.0. The van der Waals surface area contributed by atoms with E-state index in [0.717, 1.165) is 60.0 Å². The number of ether oxygens (including phenoxy) is 1. The first-order valence-electron chi connectivity index (χ1n) is 12.9. The molecule has 0 aliphatic carbocycles. The van der Waals surface area contributed by atoms with Crippen LogP contribution in [0.25, 0.3) is 23.0 Å². The lowest BCUT2D eigenvalue weighted by Gasteiger charge is -2.31. The van der Waals surface area contributed by atoms with E-state index < -0.39 is 0 Å². The van der Waals surface area contributed by atoms with Crippen molar-refractivity contribution in [2.75, 3.05) is 19.7 Å². The number of amidine groups is 1. The Hall–Kier alpha value is -3.03. The van der Waals surface area contributed by atoms with Crippen LogP contribution < -0.4 is 4.74 Å². The molecule has 1 fully saturated rings. The van der Waals surface area contributed by atoms with E-state index in [9.17, 15) is 4.79 Å². The maximum Gasteiger partial charge on any atom is 0.286 e. The summed E-state index contributed by atoms with van der Waals surface area (Å²) in [6.45, 7) is 6.89. The zero-order valence-electron chi connectivity index (χ0n) is 21.2. The number of amides is 1. The first kappa shape index (κ1) is 25.6. The highest BCUT2D eigenvalue weighted by molar-refractivity contribution is 8.18. The fourth-order valence-electron chi connectivity index (χ4n) is 4.56. The molecule has 1 unspecified atom stereocenters. The molecule has 6 nitrogen and oxygen atoms in total. The summed E-state index contributed by atoms with van der Waals surface area (Å²) in [5.41, 5.74) is 3.37. The molecule has 192 valence electrons. The number of aromatic nitrogens is 2. The summed E-state index contributed by atoms with van der Waals surface area (Å²) in [5, 5.41) is 6.23. The van der Waals surface area contributed by atoms with Crippen molar-refractivity contribution in [1.82, 2.24) is 14.7 Å². The van der Waals surface area contributed by atoms with Gasteiger partial charge in [-0.15, -0.1) is 0 Å². The lowest BCUT2D eigenvalue weighted by atomic mass is 10.0. The number of carbonyl (C=O) groups is 1. The lowest BCUT2D eigenvalue weighted by molar-refractivity contribution is -0.113. The van der Waals surface area contributed by atoms with E-state index in [2.05, 4.69) is 23.7 Å². The molecule has 2 aliphatic heterocycles. The minimum absolute atomic E-state index is 0.200. The predicted molar refractivity (Wildman–Crippen MR) is 152 cm³/mol. The van der Waals surface area contributed by atoms with Gasteiger partial charge in [0.25, 0.3) is 5.91 Å². The van der Waals surface area contributed by atoms with Gasteiger partial charge in [-0.2, -0.15) is 10.1 Å². The van der Waals surface area contributed by atoms with Gasteiger partial charge in [0.2, 0.25) is 0 Å². The molecule has 2 aliphatic rings. The number of halogens is 1. The van der Waals surface area contributed by atoms with Gasteiger partial charge in [0, 0.05) is 30.4 Å². The number of unbranched alkanes of at least 4 members (excludes halogenated alkanes) is 1. The van der Waals surface area contributed by atoms with Crippen molar-refractivity contribution in [2.24, 2.45) is 10.9 Å². The number of thioether (sulfide) groups is 1. The van der Waals surface area contributed by atoms with Crippen LogP contribution >= 0.6 is 23.4 Å². The maximum atomic E-state index is 12.9. The van der Waals surface area contributed by atoms with Gasteiger partial charge in [0.1, 0.15) is 11.4 Å². The highest BCUT2D eigenvalue weighted by Crippen LogP contribution is 2.36. The van der Waals surface area contributed by atoms with Crippen LogP contribution in [0.4, 0.5) is 0 Å². The second-order valence-corrected chi connectivity index (χ2v) is 11.0. The first-order valence-corrected chi connectivity index (χ1v) is 14.1. The van der Waals surface area contributed by atoms with Gasteiger partial charge in [0.15, 0.2) is 5.17 Å². The van der Waals surface area contributed by atoms with Crippen molar-refractivity contribution in [3.63, 3.8) is 0 Å². The molecule has 5 rings (SSSR count). The van der Waals surface area contributed by atoms with E-state index in [4.69, 9.17) is 21.4 Å². The standard InChI is InChI=1S/C29H31ClN4O2S/c1-3-4-15-36-25-13-12-21(16-24(25)30)27-22(19-34(32-27)23-10-6-5-7-11-23)17-26-28(35)31-29(37-26)33-14-8-9-20(2)18-33/h5-7,10-13,16-17,19-20H,3-4,8-9,14-15,18H2,1-2H3/b26-17-. The van der Waals surface area contributed by atoms with Crippen LogP contribution in [0.2, 0.25) is 5.02 Å². The molecule has 0 saturated carbocycles. The van der Waals surface area contributed by atoms with Gasteiger partial charge in [-0.3, -0.25) is 4.79 Å². The van der Waals surface area contributed by atoms with E-state index >= 15 is 0 Å². The number of nitrogens with zero attached hydrogens (tertiary/aromatic N) is 4. The molecule has 3 heterocycles. The quantitative estimate of drug-likeness (QED) is 0.239. The number of aliphatic imine (C=N–C) groups is 1. The number of hydrogen-bond acceptors (Lipinski definition) is 5. The molecule has 1 aromatic heterocycles. The van der Waals surface area contributed by atoms with Crippen LogP contribution in [0.3, 0.4) is 0 Å². The largest absolute Gasteiger partial charge is 0.492 e. The van der Waals surface area contributed by atoms with Crippen LogP contribution in [-0.2, 0) is 4.79 Å². The zero-order valence-corrected chi connectivity index (χ0v) is 22.8. The number of likely N-dealkylation sites (tertiary alicyclic amines) is 1. The molecule has 1 amide bonds. The van der Waals surface area contributed by atoms with Crippen molar-refractivity contribution >= 4 is 40.5 Å². The topological polar surface area (TPSA) is 59.7 Å². The Bertz CT molecular complexity index is 1330. The average molecular weight is 535 g/mol. The Morgan fingerprint density at radius 3 is 2.81 bits per heavy atom. The van der Waals surface area contributed by atoms with Crippen LogP contribution in [0.5, 0.6) is 5.75 Å². The highest BCUT2D eigenvalue weighted by atomic mass is 35.5. The van der Waals surface area contributed by atoms with Crippen LogP contribution in [-0.4, -0.2) is 45.5 Å². The number of piperidine rings is 1. The Morgan fingerprint density at radius 2 is 2.05 bits per heavy atom. The number of benzene rings is 2. The van der Waals surface area contributed by atoms with Crippen molar-refractivity contribution < 1.29 is 9.53 Å². The third-order valence-electron chi connectivity index (χ3n) is 6.55. The van der Waals surface area contributed by atoms with E-state index in [0.29, 0.717) is 28.2 Å². The molecule has 37 heavy (non-hydrogen) atoms. The van der Waals surface area contributed by atoms with Crippen LogP contribution in [0, 0.1) is 5.92 Å². The predicted octanol–water partition coefficient (Wildman–Crippen LogP) is 7.07. The number of hydrogen-bond donors (Lipinski definition) is 0. The smallest absolute Gasteiger partial charge is 0.286 e. The SMILES string of the molecule is CCCCOc1ccc(-c2nn(-c3ccccc3)cc2/C=C2\SC(N3CCCC(C)C3)=NC2=O)cc1Cl. The van der Waals surface area contributed by atoms with E-state index in [1.807, 2.05) is 65.5 Å². The number of rotatable bonds is 7. The molecule has 0 bridgehead atoms. The third kappa shape index (κ3) is 5.94. The summed E-state index contributed by atoms with van der Waals surface area (Å²) in [7, 11) is 0. The molecule has 2 aromatic carbocycles. The monoisotopic (exact) mass is 534 g/mol. The molecule has 0 radical (unpaired) electrons. The summed E-state index contributed by atoms with van der Waals surface area (Å²) >= 11 is 8.04. The van der Waals surface area contributed by atoms with Crippen molar-refractivity contribution in [3.05, 3.63) is 70.2 Å². The van der Waals surface area contributed by atoms with Crippen molar-refractivity contribution in [1.29, 1.82) is 0 Å². The second-order valence-electron chi connectivity index (χ2n) is 9.56. The summed E-state index contributed by atoms with van der Waals surface area (Å²) in [5.74, 6) is 1.07. The van der Waals surface area contributed by atoms with E-state index in [-0.39, 0.29) is 5.91 Å². The minimum atomic E-state index is -0.200. The Morgan fingerprint density at radius 1 is 1.22 bits per heavy atom. The molecule has 0 N–H and O–H groups in total. The van der Waals surface area contributed by atoms with Crippen molar-refractivity contribution in [2.45, 2.75) is 39.5 Å². The minimum Gasteiger partial charge on any atom is -0.492 e. The van der Waals surface area contributed by atoms with Gasteiger partial charge in [-0.25, -0.2) is 4.68 Å². The second kappa shape index (κ2) is 11.6. The van der Waals surface area contributed by atoms with Crippen LogP contribution in [0.1, 0.15) is 45.1 Å². The highest BCUT2D eigenvalue weighted by Gasteiger charge is 2.29. The summed E-state index contributed by atoms with van der Waals surface area (Å²) in [4.78, 5) is 20.1. The molecule has 0 spiro atoms. The summed E-state index contributed by atoms with van der Waals surface area (Å²) < 4.78 is 7.67. The Labute approximate surface area is 227 Å². The molecule has 1 atom stereocenters. The summed E-state index contributed by atoms with van der Waals surface area (Å²) in [6.07, 6.45) is 8.23. The van der Waals surface area contributed by atoms with E-state index in [1.165, 1.54) is 18.2 Å².